The van der Waals surface area contributed by atoms with E-state index >= 15 is 0 Å². The third-order valence-electron chi connectivity index (χ3n) is 2.40. The lowest BCUT2D eigenvalue weighted by Gasteiger charge is -2.06. The number of carbonyl (C=O) groups is 1. The average molecular weight is 357 g/mol. The van der Waals surface area contributed by atoms with Gasteiger partial charge in [-0.2, -0.15) is 11.3 Å². The lowest BCUT2D eigenvalue weighted by molar-refractivity contribution is -0.115. The second-order valence-electron chi connectivity index (χ2n) is 3.82. The van der Waals surface area contributed by atoms with Crippen molar-refractivity contribution in [1.29, 1.82) is 0 Å². The fraction of sp³-hybridized carbons (Fsp3) is 0.154. The fourth-order valence-electron chi connectivity index (χ4n) is 1.45. The smallest absolute Gasteiger partial charge is 0.228 e. The van der Waals surface area contributed by atoms with Gasteiger partial charge in [0, 0.05) is 9.26 Å². The van der Waals surface area contributed by atoms with Gasteiger partial charge < -0.3 is 5.32 Å². The molecule has 0 aliphatic heterocycles. The van der Waals surface area contributed by atoms with Gasteiger partial charge in [0.15, 0.2) is 0 Å². The van der Waals surface area contributed by atoms with Crippen LogP contribution in [0, 0.1) is 10.5 Å². The van der Waals surface area contributed by atoms with Crippen molar-refractivity contribution in [3.63, 3.8) is 0 Å². The van der Waals surface area contributed by atoms with E-state index in [0.717, 1.165) is 14.8 Å². The zero-order valence-corrected chi connectivity index (χ0v) is 12.3. The number of hydrogen-bond acceptors (Lipinski definition) is 2. The van der Waals surface area contributed by atoms with Crippen LogP contribution in [-0.2, 0) is 11.2 Å². The highest BCUT2D eigenvalue weighted by Crippen LogP contribution is 2.17. The molecule has 0 saturated carbocycles. The van der Waals surface area contributed by atoms with Crippen LogP contribution in [0.15, 0.2) is 35.0 Å². The first kappa shape index (κ1) is 12.6. The molecule has 1 heterocycles. The van der Waals surface area contributed by atoms with E-state index in [4.69, 9.17) is 0 Å². The van der Waals surface area contributed by atoms with Crippen molar-refractivity contribution in [2.45, 2.75) is 13.3 Å². The quantitative estimate of drug-likeness (QED) is 0.831. The minimum absolute atomic E-state index is 0.0306. The molecule has 0 unspecified atom stereocenters. The van der Waals surface area contributed by atoms with Crippen LogP contribution in [0.1, 0.15) is 11.1 Å². The molecular weight excluding hydrogens is 345 g/mol. The average Bonchev–Trinajstić information content (AvgIpc) is 2.76. The molecule has 0 aliphatic carbocycles. The summed E-state index contributed by atoms with van der Waals surface area (Å²) in [6.45, 7) is 2.05. The van der Waals surface area contributed by atoms with Crippen molar-refractivity contribution in [3.8, 4) is 0 Å². The summed E-state index contributed by atoms with van der Waals surface area (Å²) < 4.78 is 1.16. The topological polar surface area (TPSA) is 29.1 Å². The molecule has 17 heavy (non-hydrogen) atoms. The van der Waals surface area contributed by atoms with E-state index in [2.05, 4.69) is 34.8 Å². The van der Waals surface area contributed by atoms with Gasteiger partial charge in [0.25, 0.3) is 0 Å². The van der Waals surface area contributed by atoms with Gasteiger partial charge in [-0.25, -0.2) is 0 Å². The molecule has 88 valence electrons. The van der Waals surface area contributed by atoms with Crippen molar-refractivity contribution >= 4 is 45.5 Å². The molecule has 0 aliphatic rings. The lowest BCUT2D eigenvalue weighted by atomic mass is 10.2. The van der Waals surface area contributed by atoms with E-state index in [-0.39, 0.29) is 5.91 Å². The van der Waals surface area contributed by atoms with E-state index in [0.29, 0.717) is 6.42 Å². The van der Waals surface area contributed by atoms with Gasteiger partial charge in [0.1, 0.15) is 0 Å². The molecule has 1 N–H and O–H groups in total. The standard InChI is InChI=1S/C13H12INOS/c1-9-2-3-11(7-12(9)14)15-13(16)6-10-4-5-17-8-10/h2-5,7-8H,6H2,1H3,(H,15,16). The van der Waals surface area contributed by atoms with Crippen LogP contribution in [0.4, 0.5) is 5.69 Å². The number of nitrogens with one attached hydrogen (secondary N) is 1. The summed E-state index contributed by atoms with van der Waals surface area (Å²) in [7, 11) is 0. The predicted molar refractivity (Wildman–Crippen MR) is 80.5 cm³/mol. The van der Waals surface area contributed by atoms with Crippen molar-refractivity contribution in [2.75, 3.05) is 5.32 Å². The van der Waals surface area contributed by atoms with Gasteiger partial charge in [-0.3, -0.25) is 4.79 Å². The summed E-state index contributed by atoms with van der Waals surface area (Å²) in [5, 5.41) is 6.89. The number of carbonyl (C=O) groups excluding carboxylic acids is 1. The van der Waals surface area contributed by atoms with Crippen molar-refractivity contribution in [3.05, 3.63) is 49.7 Å². The molecule has 0 spiro atoms. The maximum absolute atomic E-state index is 11.8. The maximum atomic E-state index is 11.8. The monoisotopic (exact) mass is 357 g/mol. The van der Waals surface area contributed by atoms with Crippen molar-refractivity contribution < 1.29 is 4.79 Å². The second kappa shape index (κ2) is 5.64. The van der Waals surface area contributed by atoms with Crippen LogP contribution in [0.25, 0.3) is 0 Å². The van der Waals surface area contributed by atoms with E-state index in [1.165, 1.54) is 5.56 Å². The highest BCUT2D eigenvalue weighted by atomic mass is 127. The molecular formula is C13H12INOS. The highest BCUT2D eigenvalue weighted by molar-refractivity contribution is 14.1. The summed E-state index contributed by atoms with van der Waals surface area (Å²) in [5.41, 5.74) is 3.15. The van der Waals surface area contributed by atoms with Crippen molar-refractivity contribution in [2.24, 2.45) is 0 Å². The Morgan fingerprint density at radius 3 is 2.88 bits per heavy atom. The van der Waals surface area contributed by atoms with Crippen LogP contribution in [-0.4, -0.2) is 5.91 Å². The van der Waals surface area contributed by atoms with E-state index in [9.17, 15) is 4.79 Å². The van der Waals surface area contributed by atoms with Gasteiger partial charge in [0.05, 0.1) is 6.42 Å². The first-order valence-corrected chi connectivity index (χ1v) is 7.24. The summed E-state index contributed by atoms with van der Waals surface area (Å²) in [4.78, 5) is 11.8. The molecule has 0 bridgehead atoms. The summed E-state index contributed by atoms with van der Waals surface area (Å²) in [6, 6.07) is 7.91. The number of benzene rings is 1. The Labute approximate surface area is 118 Å². The third-order valence-corrected chi connectivity index (χ3v) is 4.29. The molecule has 1 aromatic carbocycles. The Morgan fingerprint density at radius 1 is 1.41 bits per heavy atom. The van der Waals surface area contributed by atoms with Crippen LogP contribution < -0.4 is 5.32 Å². The zero-order chi connectivity index (χ0) is 12.3. The van der Waals surface area contributed by atoms with Crippen LogP contribution >= 0.6 is 33.9 Å². The van der Waals surface area contributed by atoms with E-state index in [1.54, 1.807) is 11.3 Å². The first-order valence-electron chi connectivity index (χ1n) is 5.22. The van der Waals surface area contributed by atoms with E-state index < -0.39 is 0 Å². The van der Waals surface area contributed by atoms with Gasteiger partial charge in [-0.15, -0.1) is 0 Å². The SMILES string of the molecule is Cc1ccc(NC(=O)Cc2ccsc2)cc1I. The fourth-order valence-corrected chi connectivity index (χ4v) is 2.64. The summed E-state index contributed by atoms with van der Waals surface area (Å²) >= 11 is 3.88. The number of amides is 1. The maximum Gasteiger partial charge on any atom is 0.228 e. The first-order chi connectivity index (χ1) is 8.15. The van der Waals surface area contributed by atoms with Crippen LogP contribution in [0.3, 0.4) is 0 Å². The largest absolute Gasteiger partial charge is 0.326 e. The molecule has 0 radical (unpaired) electrons. The number of rotatable bonds is 3. The van der Waals surface area contributed by atoms with Crippen LogP contribution in [0.5, 0.6) is 0 Å². The van der Waals surface area contributed by atoms with Crippen LogP contribution in [0.2, 0.25) is 0 Å². The molecule has 0 saturated heterocycles. The normalized spacial score (nSPS) is 10.2. The molecule has 4 heteroatoms. The lowest BCUT2D eigenvalue weighted by Crippen LogP contribution is -2.14. The number of anilines is 1. The molecule has 1 aromatic heterocycles. The molecule has 0 fully saturated rings. The summed E-state index contributed by atoms with van der Waals surface area (Å²) in [5.74, 6) is 0.0306. The molecule has 1 amide bonds. The number of halogens is 1. The number of aryl methyl sites for hydroxylation is 1. The molecule has 0 atom stereocenters. The number of hydrogen-bond donors (Lipinski definition) is 1. The molecule has 2 rings (SSSR count). The second-order valence-corrected chi connectivity index (χ2v) is 5.76. The Kier molecular flexibility index (Phi) is 4.17. The van der Waals surface area contributed by atoms with Gasteiger partial charge in [-0.1, -0.05) is 6.07 Å². The minimum atomic E-state index is 0.0306. The Morgan fingerprint density at radius 2 is 2.24 bits per heavy atom. The molecule has 2 nitrogen and oxygen atoms in total. The number of thiophene rings is 1. The predicted octanol–water partition coefficient (Wildman–Crippen LogP) is 3.84. The highest BCUT2D eigenvalue weighted by Gasteiger charge is 2.05. The Balaban J connectivity index is 2.00. The van der Waals surface area contributed by atoms with Crippen molar-refractivity contribution in [1.82, 2.24) is 0 Å². The van der Waals surface area contributed by atoms with Gasteiger partial charge in [0.2, 0.25) is 5.91 Å². The molecule has 2 aromatic rings. The summed E-state index contributed by atoms with van der Waals surface area (Å²) in [6.07, 6.45) is 0.438. The zero-order valence-electron chi connectivity index (χ0n) is 9.37. The third kappa shape index (κ3) is 3.54. The van der Waals surface area contributed by atoms with Gasteiger partial charge >= 0.3 is 0 Å². The van der Waals surface area contributed by atoms with Gasteiger partial charge in [-0.05, 0) is 69.6 Å². The minimum Gasteiger partial charge on any atom is -0.326 e. The Hall–Kier alpha value is -0.880. The van der Waals surface area contributed by atoms with E-state index in [1.807, 2.05) is 35.0 Å². The Bertz CT molecular complexity index is 522.